The monoisotopic (exact) mass is 351 g/mol. The third-order valence-corrected chi connectivity index (χ3v) is 5.20. The van der Waals surface area contributed by atoms with E-state index in [2.05, 4.69) is 22.3 Å². The van der Waals surface area contributed by atoms with E-state index in [4.69, 9.17) is 17.3 Å². The number of halogens is 1. The quantitative estimate of drug-likeness (QED) is 0.747. The lowest BCUT2D eigenvalue weighted by molar-refractivity contribution is -0.119. The van der Waals surface area contributed by atoms with Gasteiger partial charge in [-0.1, -0.05) is 54.1 Å². The van der Waals surface area contributed by atoms with Crippen LogP contribution < -0.4 is 5.73 Å². The average molecular weight is 352 g/mol. The number of H-pyrrole nitrogens is 1. The summed E-state index contributed by atoms with van der Waals surface area (Å²) in [6, 6.07) is 17.9. The number of nitrogens with one attached hydrogen (secondary N) is 1. The second-order valence-corrected chi connectivity index (χ2v) is 6.91. The summed E-state index contributed by atoms with van der Waals surface area (Å²) in [5.41, 5.74) is 10.7. The largest absolute Gasteiger partial charge is 0.369 e. The van der Waals surface area contributed by atoms with Crippen LogP contribution in [0.3, 0.4) is 0 Å². The van der Waals surface area contributed by atoms with Crippen molar-refractivity contribution in [3.05, 3.63) is 76.4 Å². The number of carbonyl (C=O) groups is 1. The molecule has 25 heavy (non-hydrogen) atoms. The van der Waals surface area contributed by atoms with Gasteiger partial charge in [0.05, 0.1) is 17.3 Å². The number of nitrogens with zero attached hydrogens (tertiary/aromatic N) is 1. The molecule has 0 saturated heterocycles. The SMILES string of the molecule is NC(=O)C1CC(c2ccccc2)Cc2c(-c3ccc(Cl)cc3)n[nH]c21. The standard InChI is InChI=1S/C20H18ClN3O/c21-15-8-6-13(7-9-15)18-16-10-14(12-4-2-1-3-5-12)11-17(20(22)25)19(16)24-23-18/h1-9,14,17H,10-11H2,(H2,22,25)(H,23,24). The van der Waals surface area contributed by atoms with E-state index in [0.717, 1.165) is 28.9 Å². The number of aromatic nitrogens is 2. The molecular formula is C20H18ClN3O. The minimum Gasteiger partial charge on any atom is -0.369 e. The molecular weight excluding hydrogens is 334 g/mol. The molecule has 1 aliphatic rings. The summed E-state index contributed by atoms with van der Waals surface area (Å²) in [4.78, 5) is 12.0. The maximum absolute atomic E-state index is 12.0. The first-order valence-corrected chi connectivity index (χ1v) is 8.68. The number of hydrogen-bond donors (Lipinski definition) is 2. The van der Waals surface area contributed by atoms with Crippen molar-refractivity contribution in [1.82, 2.24) is 10.2 Å². The van der Waals surface area contributed by atoms with E-state index in [1.54, 1.807) is 0 Å². The van der Waals surface area contributed by atoms with Crippen LogP contribution in [0.4, 0.5) is 0 Å². The lowest BCUT2D eigenvalue weighted by Crippen LogP contribution is -2.28. The van der Waals surface area contributed by atoms with Crippen molar-refractivity contribution < 1.29 is 4.79 Å². The first-order valence-electron chi connectivity index (χ1n) is 8.31. The van der Waals surface area contributed by atoms with Crippen molar-refractivity contribution in [1.29, 1.82) is 0 Å². The molecule has 2 atom stereocenters. The molecule has 0 fully saturated rings. The maximum Gasteiger partial charge on any atom is 0.226 e. The van der Waals surface area contributed by atoms with Crippen molar-refractivity contribution in [3.63, 3.8) is 0 Å². The number of fused-ring (bicyclic) bond motifs is 1. The van der Waals surface area contributed by atoms with Crippen molar-refractivity contribution in [2.75, 3.05) is 0 Å². The van der Waals surface area contributed by atoms with Gasteiger partial charge in [-0.25, -0.2) is 0 Å². The zero-order valence-electron chi connectivity index (χ0n) is 13.6. The Hall–Kier alpha value is -2.59. The van der Waals surface area contributed by atoms with Gasteiger partial charge in [0.1, 0.15) is 0 Å². The zero-order chi connectivity index (χ0) is 17.4. The number of benzene rings is 2. The number of nitrogens with two attached hydrogens (primary N) is 1. The van der Waals surface area contributed by atoms with Gasteiger partial charge in [0.15, 0.2) is 0 Å². The highest BCUT2D eigenvalue weighted by Gasteiger charge is 2.35. The fourth-order valence-electron chi connectivity index (χ4n) is 3.69. The van der Waals surface area contributed by atoms with E-state index in [1.165, 1.54) is 5.56 Å². The van der Waals surface area contributed by atoms with Crippen LogP contribution in [0, 0.1) is 0 Å². The Kier molecular flexibility index (Phi) is 4.06. The van der Waals surface area contributed by atoms with Gasteiger partial charge in [0.2, 0.25) is 5.91 Å². The van der Waals surface area contributed by atoms with Gasteiger partial charge in [0.25, 0.3) is 0 Å². The van der Waals surface area contributed by atoms with E-state index in [0.29, 0.717) is 11.4 Å². The molecule has 4 rings (SSSR count). The molecule has 3 aromatic rings. The molecule has 2 unspecified atom stereocenters. The molecule has 0 spiro atoms. The van der Waals surface area contributed by atoms with Gasteiger partial charge in [0, 0.05) is 16.1 Å². The van der Waals surface area contributed by atoms with Crippen LogP contribution in [0.25, 0.3) is 11.3 Å². The summed E-state index contributed by atoms with van der Waals surface area (Å²) < 4.78 is 0. The molecule has 1 aromatic heterocycles. The summed E-state index contributed by atoms with van der Waals surface area (Å²) >= 11 is 5.99. The number of carbonyl (C=O) groups excluding carboxylic acids is 1. The van der Waals surface area contributed by atoms with Gasteiger partial charge in [-0.05, 0) is 36.5 Å². The lowest BCUT2D eigenvalue weighted by Gasteiger charge is -2.28. The van der Waals surface area contributed by atoms with Gasteiger partial charge in [-0.3, -0.25) is 9.89 Å². The number of rotatable bonds is 3. The maximum atomic E-state index is 12.0. The fourth-order valence-corrected chi connectivity index (χ4v) is 3.82. The lowest BCUT2D eigenvalue weighted by atomic mass is 9.76. The highest BCUT2D eigenvalue weighted by Crippen LogP contribution is 2.42. The second-order valence-electron chi connectivity index (χ2n) is 6.47. The van der Waals surface area contributed by atoms with Gasteiger partial charge in [-0.2, -0.15) is 5.10 Å². The Morgan fingerprint density at radius 3 is 2.52 bits per heavy atom. The molecule has 0 radical (unpaired) electrons. The third-order valence-electron chi connectivity index (χ3n) is 4.95. The highest BCUT2D eigenvalue weighted by atomic mass is 35.5. The third kappa shape index (κ3) is 2.94. The van der Waals surface area contributed by atoms with Gasteiger partial charge < -0.3 is 5.73 Å². The Morgan fingerprint density at radius 2 is 1.84 bits per heavy atom. The molecule has 0 aliphatic heterocycles. The van der Waals surface area contributed by atoms with Crippen LogP contribution in [0.15, 0.2) is 54.6 Å². The topological polar surface area (TPSA) is 71.8 Å². The normalized spacial score (nSPS) is 19.4. The number of aromatic amines is 1. The molecule has 126 valence electrons. The first kappa shape index (κ1) is 15.9. The molecule has 3 N–H and O–H groups in total. The number of hydrogen-bond acceptors (Lipinski definition) is 2. The number of amides is 1. The molecule has 1 aliphatic carbocycles. The smallest absolute Gasteiger partial charge is 0.226 e. The molecule has 0 saturated carbocycles. The molecule has 1 amide bonds. The molecule has 5 heteroatoms. The predicted molar refractivity (Wildman–Crippen MR) is 98.5 cm³/mol. The van der Waals surface area contributed by atoms with E-state index >= 15 is 0 Å². The van der Waals surface area contributed by atoms with E-state index in [1.807, 2.05) is 42.5 Å². The summed E-state index contributed by atoms with van der Waals surface area (Å²) in [5, 5.41) is 8.23. The minimum atomic E-state index is -0.345. The summed E-state index contributed by atoms with van der Waals surface area (Å²) in [6.45, 7) is 0. The average Bonchev–Trinajstić information content (AvgIpc) is 3.06. The predicted octanol–water partition coefficient (Wildman–Crippen LogP) is 4.03. The molecule has 1 heterocycles. The first-order chi connectivity index (χ1) is 12.1. The van der Waals surface area contributed by atoms with Crippen LogP contribution in [-0.2, 0) is 11.2 Å². The van der Waals surface area contributed by atoms with Crippen molar-refractivity contribution >= 4 is 17.5 Å². The Labute approximate surface area is 151 Å². The van der Waals surface area contributed by atoms with Crippen LogP contribution in [0.1, 0.15) is 35.1 Å². The molecule has 4 nitrogen and oxygen atoms in total. The molecule has 2 aromatic carbocycles. The van der Waals surface area contributed by atoms with Crippen LogP contribution >= 0.6 is 11.6 Å². The highest BCUT2D eigenvalue weighted by molar-refractivity contribution is 6.30. The van der Waals surface area contributed by atoms with E-state index in [9.17, 15) is 4.79 Å². The Bertz CT molecular complexity index is 902. The Morgan fingerprint density at radius 1 is 1.12 bits per heavy atom. The summed E-state index contributed by atoms with van der Waals surface area (Å²) in [5.74, 6) is -0.412. The van der Waals surface area contributed by atoms with Gasteiger partial charge >= 0.3 is 0 Å². The second kappa shape index (κ2) is 6.37. The minimum absolute atomic E-state index is 0.245. The van der Waals surface area contributed by atoms with Crippen molar-refractivity contribution in [2.45, 2.75) is 24.7 Å². The van der Waals surface area contributed by atoms with Crippen LogP contribution in [-0.4, -0.2) is 16.1 Å². The van der Waals surface area contributed by atoms with Crippen molar-refractivity contribution in [2.24, 2.45) is 5.73 Å². The Balaban J connectivity index is 1.79. The fraction of sp³-hybridized carbons (Fsp3) is 0.200. The molecule has 0 bridgehead atoms. The summed E-state index contributed by atoms with van der Waals surface area (Å²) in [7, 11) is 0. The van der Waals surface area contributed by atoms with Crippen LogP contribution in [0.2, 0.25) is 5.02 Å². The zero-order valence-corrected chi connectivity index (χ0v) is 14.3. The summed E-state index contributed by atoms with van der Waals surface area (Å²) in [6.07, 6.45) is 1.53. The van der Waals surface area contributed by atoms with Crippen molar-refractivity contribution in [3.8, 4) is 11.3 Å². The number of primary amides is 1. The van der Waals surface area contributed by atoms with E-state index in [-0.39, 0.29) is 17.7 Å². The van der Waals surface area contributed by atoms with Gasteiger partial charge in [-0.15, -0.1) is 0 Å². The van der Waals surface area contributed by atoms with E-state index < -0.39 is 0 Å². The van der Waals surface area contributed by atoms with Crippen LogP contribution in [0.5, 0.6) is 0 Å².